The maximum Gasteiger partial charge on any atom is 0.247 e. The molecular weight excluding hydrogens is 345 g/mol. The second kappa shape index (κ2) is 7.44. The largest absolute Gasteiger partial charge is 0.421 e. The number of aryl methyl sites for hydroxylation is 2. The Kier molecular flexibility index (Phi) is 5.09. The third-order valence-corrected chi connectivity index (χ3v) is 3.79. The number of hydrogen-bond acceptors (Lipinski definition) is 4. The summed E-state index contributed by atoms with van der Waals surface area (Å²) in [5.74, 6) is 0.0143. The van der Waals surface area contributed by atoms with E-state index in [4.69, 9.17) is 16.0 Å². The van der Waals surface area contributed by atoms with E-state index in [9.17, 15) is 9.18 Å². The highest BCUT2D eigenvalue weighted by atomic mass is 35.5. The fourth-order valence-electron chi connectivity index (χ4n) is 2.27. The van der Waals surface area contributed by atoms with Gasteiger partial charge < -0.3 is 9.73 Å². The van der Waals surface area contributed by atoms with E-state index in [1.807, 2.05) is 31.2 Å². The van der Waals surface area contributed by atoms with Gasteiger partial charge in [0.2, 0.25) is 17.7 Å². The Balaban J connectivity index is 1.58. The van der Waals surface area contributed by atoms with Gasteiger partial charge in [-0.25, -0.2) is 4.39 Å². The lowest BCUT2D eigenvalue weighted by atomic mass is 10.1. The first kappa shape index (κ1) is 17.1. The summed E-state index contributed by atoms with van der Waals surface area (Å²) in [5, 5.41) is 10.6. The Morgan fingerprint density at radius 2 is 2.08 bits per heavy atom. The van der Waals surface area contributed by atoms with Crippen molar-refractivity contribution in [2.24, 2.45) is 0 Å². The fourth-order valence-corrected chi connectivity index (χ4v) is 2.45. The SMILES string of the molecule is Cc1cccc(-c2nnc(CCC(=O)Nc3ccc(F)c(Cl)c3)o2)c1. The molecule has 1 heterocycles. The Bertz CT molecular complexity index is 911. The van der Waals surface area contributed by atoms with Crippen molar-refractivity contribution in [2.75, 3.05) is 5.32 Å². The van der Waals surface area contributed by atoms with Crippen LogP contribution in [0.4, 0.5) is 10.1 Å². The van der Waals surface area contributed by atoms with Crippen molar-refractivity contribution >= 4 is 23.2 Å². The van der Waals surface area contributed by atoms with Gasteiger partial charge in [-0.1, -0.05) is 29.3 Å². The van der Waals surface area contributed by atoms with Crippen molar-refractivity contribution in [3.8, 4) is 11.5 Å². The van der Waals surface area contributed by atoms with Gasteiger partial charge in [-0.3, -0.25) is 4.79 Å². The summed E-state index contributed by atoms with van der Waals surface area (Å²) in [5.41, 5.74) is 2.36. The third kappa shape index (κ3) is 4.42. The molecule has 3 aromatic rings. The van der Waals surface area contributed by atoms with E-state index in [1.165, 1.54) is 18.2 Å². The summed E-state index contributed by atoms with van der Waals surface area (Å²) in [6.07, 6.45) is 0.462. The Hall–Kier alpha value is -2.73. The highest BCUT2D eigenvalue weighted by Gasteiger charge is 2.11. The van der Waals surface area contributed by atoms with Crippen molar-refractivity contribution in [3.05, 3.63) is 64.8 Å². The molecule has 5 nitrogen and oxygen atoms in total. The molecule has 0 radical (unpaired) electrons. The molecule has 0 bridgehead atoms. The summed E-state index contributed by atoms with van der Waals surface area (Å²) >= 11 is 5.68. The standard InChI is InChI=1S/C18H15ClFN3O2/c1-11-3-2-4-12(9-11)18-23-22-17(25-18)8-7-16(24)21-13-5-6-15(20)14(19)10-13/h2-6,9-10H,7-8H2,1H3,(H,21,24). The van der Waals surface area contributed by atoms with E-state index in [-0.39, 0.29) is 17.4 Å². The Labute approximate surface area is 148 Å². The van der Waals surface area contributed by atoms with Crippen molar-refractivity contribution < 1.29 is 13.6 Å². The van der Waals surface area contributed by atoms with Gasteiger partial charge in [0.1, 0.15) is 5.82 Å². The van der Waals surface area contributed by atoms with Crippen LogP contribution >= 0.6 is 11.6 Å². The highest BCUT2D eigenvalue weighted by Crippen LogP contribution is 2.21. The van der Waals surface area contributed by atoms with Gasteiger partial charge in [0.05, 0.1) is 5.02 Å². The lowest BCUT2D eigenvalue weighted by molar-refractivity contribution is -0.116. The first-order valence-corrected chi connectivity index (χ1v) is 8.03. The van der Waals surface area contributed by atoms with E-state index in [1.54, 1.807) is 0 Å². The normalized spacial score (nSPS) is 10.7. The number of hydrogen-bond donors (Lipinski definition) is 1. The molecule has 128 valence electrons. The molecule has 1 N–H and O–H groups in total. The average Bonchev–Trinajstić information content (AvgIpc) is 3.05. The number of carbonyl (C=O) groups is 1. The molecule has 7 heteroatoms. The molecule has 0 aliphatic carbocycles. The number of halogens is 2. The summed E-state index contributed by atoms with van der Waals surface area (Å²) < 4.78 is 18.7. The minimum atomic E-state index is -0.533. The topological polar surface area (TPSA) is 68.0 Å². The zero-order chi connectivity index (χ0) is 17.8. The molecule has 0 fully saturated rings. The predicted octanol–water partition coefficient (Wildman–Crippen LogP) is 4.41. The summed E-state index contributed by atoms with van der Waals surface area (Å²) in [7, 11) is 0. The first-order chi connectivity index (χ1) is 12.0. The molecule has 3 rings (SSSR count). The lowest BCUT2D eigenvalue weighted by Gasteiger charge is -2.05. The summed E-state index contributed by atoms with van der Waals surface area (Å²) in [6, 6.07) is 11.7. The maximum absolute atomic E-state index is 13.1. The van der Waals surface area contributed by atoms with Gasteiger partial charge in [-0.05, 0) is 37.3 Å². The molecule has 0 unspecified atom stereocenters. The molecular formula is C18H15ClFN3O2. The van der Waals surface area contributed by atoms with E-state index >= 15 is 0 Å². The minimum absolute atomic E-state index is 0.0440. The zero-order valence-corrected chi connectivity index (χ0v) is 14.2. The van der Waals surface area contributed by atoms with Crippen LogP contribution in [0, 0.1) is 12.7 Å². The molecule has 25 heavy (non-hydrogen) atoms. The monoisotopic (exact) mass is 359 g/mol. The van der Waals surface area contributed by atoms with Crippen LogP contribution < -0.4 is 5.32 Å². The summed E-state index contributed by atoms with van der Waals surface area (Å²) in [4.78, 5) is 12.0. The van der Waals surface area contributed by atoms with Crippen LogP contribution in [-0.4, -0.2) is 16.1 Å². The molecule has 1 aromatic heterocycles. The van der Waals surface area contributed by atoms with Gasteiger partial charge in [0, 0.05) is 24.1 Å². The van der Waals surface area contributed by atoms with Gasteiger partial charge >= 0.3 is 0 Å². The molecule has 1 amide bonds. The molecule has 0 saturated heterocycles. The number of nitrogens with zero attached hydrogens (tertiary/aromatic N) is 2. The smallest absolute Gasteiger partial charge is 0.247 e. The Morgan fingerprint density at radius 3 is 2.84 bits per heavy atom. The van der Waals surface area contributed by atoms with Crippen molar-refractivity contribution in [1.29, 1.82) is 0 Å². The number of carbonyl (C=O) groups excluding carboxylic acids is 1. The van der Waals surface area contributed by atoms with Crippen LogP contribution in [-0.2, 0) is 11.2 Å². The molecule has 0 spiro atoms. The van der Waals surface area contributed by atoms with Gasteiger partial charge in [0.15, 0.2) is 0 Å². The lowest BCUT2D eigenvalue weighted by Crippen LogP contribution is -2.12. The quantitative estimate of drug-likeness (QED) is 0.732. The van der Waals surface area contributed by atoms with E-state index in [0.29, 0.717) is 23.9 Å². The number of amides is 1. The van der Waals surface area contributed by atoms with Crippen LogP contribution in [0.25, 0.3) is 11.5 Å². The van der Waals surface area contributed by atoms with E-state index < -0.39 is 5.82 Å². The van der Waals surface area contributed by atoms with Crippen molar-refractivity contribution in [3.63, 3.8) is 0 Å². The van der Waals surface area contributed by atoms with Gasteiger partial charge in [-0.2, -0.15) is 0 Å². The van der Waals surface area contributed by atoms with Crippen LogP contribution in [0.1, 0.15) is 17.9 Å². The number of aromatic nitrogens is 2. The average molecular weight is 360 g/mol. The van der Waals surface area contributed by atoms with Crippen molar-refractivity contribution in [1.82, 2.24) is 10.2 Å². The molecule has 0 aliphatic heterocycles. The number of benzene rings is 2. The van der Waals surface area contributed by atoms with Gasteiger partial charge in [0.25, 0.3) is 0 Å². The summed E-state index contributed by atoms with van der Waals surface area (Å²) in [6.45, 7) is 1.98. The van der Waals surface area contributed by atoms with E-state index in [2.05, 4.69) is 15.5 Å². The third-order valence-electron chi connectivity index (χ3n) is 3.50. The molecule has 0 aliphatic rings. The number of nitrogens with one attached hydrogen (secondary N) is 1. The molecule has 0 saturated carbocycles. The zero-order valence-electron chi connectivity index (χ0n) is 13.4. The maximum atomic E-state index is 13.1. The van der Waals surface area contributed by atoms with Crippen LogP contribution in [0.2, 0.25) is 5.02 Å². The highest BCUT2D eigenvalue weighted by molar-refractivity contribution is 6.31. The predicted molar refractivity (Wildman–Crippen MR) is 92.8 cm³/mol. The first-order valence-electron chi connectivity index (χ1n) is 7.65. The second-order valence-electron chi connectivity index (χ2n) is 5.55. The molecule has 2 aromatic carbocycles. The fraction of sp³-hybridized carbons (Fsp3) is 0.167. The van der Waals surface area contributed by atoms with E-state index in [0.717, 1.165) is 11.1 Å². The second-order valence-corrected chi connectivity index (χ2v) is 5.95. The van der Waals surface area contributed by atoms with Crippen LogP contribution in [0.5, 0.6) is 0 Å². The van der Waals surface area contributed by atoms with Crippen LogP contribution in [0.3, 0.4) is 0 Å². The number of anilines is 1. The number of rotatable bonds is 5. The van der Waals surface area contributed by atoms with Crippen molar-refractivity contribution in [2.45, 2.75) is 19.8 Å². The van der Waals surface area contributed by atoms with Gasteiger partial charge in [-0.15, -0.1) is 10.2 Å². The molecule has 0 atom stereocenters. The van der Waals surface area contributed by atoms with Crippen LogP contribution in [0.15, 0.2) is 46.9 Å². The minimum Gasteiger partial charge on any atom is -0.421 e. The Morgan fingerprint density at radius 1 is 1.24 bits per heavy atom.